The molecule has 9 heavy (non-hydrogen) atoms. The summed E-state index contributed by atoms with van der Waals surface area (Å²) >= 11 is 0. The largest absolute Gasteiger partial charge is 0.272 e. The molecule has 0 radical (unpaired) electrons. The van der Waals surface area contributed by atoms with E-state index in [9.17, 15) is 4.79 Å². The number of carbonyl (C=O) groups excluding carboxylic acids is 1. The van der Waals surface area contributed by atoms with E-state index in [-0.39, 0.29) is 5.91 Å². The average Bonchev–Trinajstić information content (AvgIpc) is 1.89. The summed E-state index contributed by atoms with van der Waals surface area (Å²) in [5.41, 5.74) is 11.8. The van der Waals surface area contributed by atoms with Crippen molar-refractivity contribution in [2.24, 2.45) is 5.22 Å². The molecule has 50 valence electrons. The number of rotatable bonds is 3. The van der Waals surface area contributed by atoms with Gasteiger partial charge in [-0.05, 0) is 0 Å². The highest BCUT2D eigenvalue weighted by atomic mass is 16.2. The Morgan fingerprint density at radius 2 is 2.56 bits per heavy atom. The SMILES string of the molecule is CCC(=O)NNN=[N+]=[N-]. The predicted octanol–water partition coefficient (Wildman–Crippen LogP) is 0.242. The van der Waals surface area contributed by atoms with Crippen molar-refractivity contribution in [2.75, 3.05) is 0 Å². The van der Waals surface area contributed by atoms with E-state index in [0.29, 0.717) is 6.42 Å². The highest BCUT2D eigenvalue weighted by molar-refractivity contribution is 5.74. The number of hydrogen-bond donors (Lipinski definition) is 2. The van der Waals surface area contributed by atoms with Crippen molar-refractivity contribution in [3.05, 3.63) is 10.4 Å². The van der Waals surface area contributed by atoms with E-state index in [1.54, 1.807) is 6.92 Å². The van der Waals surface area contributed by atoms with Crippen LogP contribution in [-0.4, -0.2) is 5.91 Å². The Labute approximate surface area is 51.8 Å². The molecular formula is C3H7N5O. The Morgan fingerprint density at radius 1 is 1.89 bits per heavy atom. The molecule has 0 aliphatic carbocycles. The van der Waals surface area contributed by atoms with Gasteiger partial charge in [-0.25, -0.2) is 0 Å². The van der Waals surface area contributed by atoms with Crippen LogP contribution in [0.5, 0.6) is 0 Å². The second kappa shape index (κ2) is 4.73. The monoisotopic (exact) mass is 129 g/mol. The number of amides is 1. The topological polar surface area (TPSA) is 89.9 Å². The fraction of sp³-hybridized carbons (Fsp3) is 0.667. The van der Waals surface area contributed by atoms with E-state index < -0.39 is 0 Å². The minimum absolute atomic E-state index is 0.220. The Balaban J connectivity index is 3.27. The van der Waals surface area contributed by atoms with Crippen molar-refractivity contribution >= 4 is 5.91 Å². The second-order valence-corrected chi connectivity index (χ2v) is 1.20. The third-order valence-corrected chi connectivity index (χ3v) is 0.611. The van der Waals surface area contributed by atoms with Crippen LogP contribution in [0.15, 0.2) is 5.22 Å². The van der Waals surface area contributed by atoms with Crippen molar-refractivity contribution in [2.45, 2.75) is 13.3 Å². The normalized spacial score (nSPS) is 7.22. The van der Waals surface area contributed by atoms with Crippen molar-refractivity contribution < 1.29 is 4.79 Å². The van der Waals surface area contributed by atoms with Gasteiger partial charge in [-0.2, -0.15) is 15.9 Å². The van der Waals surface area contributed by atoms with Crippen molar-refractivity contribution in [3.8, 4) is 0 Å². The highest BCUT2D eigenvalue weighted by Gasteiger charge is 1.92. The van der Waals surface area contributed by atoms with Crippen LogP contribution in [0.3, 0.4) is 0 Å². The number of hydrogen-bond acceptors (Lipinski definition) is 2. The molecule has 0 saturated carbocycles. The fourth-order valence-corrected chi connectivity index (χ4v) is 0.198. The van der Waals surface area contributed by atoms with Crippen LogP contribution < -0.4 is 11.0 Å². The third-order valence-electron chi connectivity index (χ3n) is 0.611. The molecule has 2 N–H and O–H groups in total. The summed E-state index contributed by atoms with van der Waals surface area (Å²) in [6, 6.07) is 0. The van der Waals surface area contributed by atoms with Gasteiger partial charge in [0.15, 0.2) is 0 Å². The molecule has 0 bridgehead atoms. The number of nitrogens with zero attached hydrogens (tertiary/aromatic N) is 3. The van der Waals surface area contributed by atoms with Gasteiger partial charge in [-0.15, -0.1) is 5.53 Å². The molecule has 0 aromatic carbocycles. The van der Waals surface area contributed by atoms with Crippen molar-refractivity contribution in [3.63, 3.8) is 0 Å². The molecule has 0 saturated heterocycles. The summed E-state index contributed by atoms with van der Waals surface area (Å²) in [5, 5.41) is 2.86. The van der Waals surface area contributed by atoms with Crippen molar-refractivity contribution in [1.29, 1.82) is 0 Å². The second-order valence-electron chi connectivity index (χ2n) is 1.20. The quantitative estimate of drug-likeness (QED) is 0.247. The minimum Gasteiger partial charge on any atom is -0.272 e. The first-order chi connectivity index (χ1) is 4.31. The molecular weight excluding hydrogens is 122 g/mol. The van der Waals surface area contributed by atoms with Crippen LogP contribution >= 0.6 is 0 Å². The molecule has 0 aliphatic heterocycles. The minimum atomic E-state index is -0.220. The fourth-order valence-electron chi connectivity index (χ4n) is 0.198. The zero-order valence-corrected chi connectivity index (χ0v) is 4.96. The maximum absolute atomic E-state index is 10.3. The molecule has 6 heteroatoms. The number of nitrogens with one attached hydrogen (secondary N) is 2. The lowest BCUT2D eigenvalue weighted by atomic mass is 10.5. The van der Waals surface area contributed by atoms with Crippen LogP contribution in [-0.2, 0) is 4.79 Å². The molecule has 0 unspecified atom stereocenters. The van der Waals surface area contributed by atoms with Gasteiger partial charge in [0.1, 0.15) is 0 Å². The molecule has 1 amide bonds. The van der Waals surface area contributed by atoms with E-state index >= 15 is 0 Å². The summed E-state index contributed by atoms with van der Waals surface area (Å²) in [5.74, 6) is -0.220. The maximum atomic E-state index is 10.3. The molecule has 0 rings (SSSR count). The van der Waals surface area contributed by atoms with Crippen LogP contribution in [0.4, 0.5) is 0 Å². The summed E-state index contributed by atoms with van der Waals surface area (Å²) in [6.07, 6.45) is 0.355. The molecule has 0 aromatic heterocycles. The van der Waals surface area contributed by atoms with E-state index in [0.717, 1.165) is 0 Å². The van der Waals surface area contributed by atoms with Gasteiger partial charge in [0.05, 0.1) is 0 Å². The van der Waals surface area contributed by atoms with E-state index in [1.165, 1.54) is 0 Å². The molecule has 0 aliphatic rings. The van der Waals surface area contributed by atoms with Crippen LogP contribution in [0.1, 0.15) is 13.3 Å². The van der Waals surface area contributed by atoms with Crippen LogP contribution in [0, 0.1) is 0 Å². The summed E-state index contributed by atoms with van der Waals surface area (Å²) in [7, 11) is 0. The lowest BCUT2D eigenvalue weighted by Crippen LogP contribution is -2.32. The molecule has 6 nitrogen and oxygen atoms in total. The first-order valence-corrected chi connectivity index (χ1v) is 2.39. The molecule has 0 fully saturated rings. The average molecular weight is 129 g/mol. The Kier molecular flexibility index (Phi) is 3.99. The van der Waals surface area contributed by atoms with E-state index in [2.05, 4.69) is 15.6 Å². The number of azide groups is 1. The highest BCUT2D eigenvalue weighted by Crippen LogP contribution is 1.70. The molecule has 0 heterocycles. The lowest BCUT2D eigenvalue weighted by molar-refractivity contribution is -0.121. The van der Waals surface area contributed by atoms with Gasteiger partial charge < -0.3 is 0 Å². The van der Waals surface area contributed by atoms with Gasteiger partial charge in [0.25, 0.3) is 5.91 Å². The van der Waals surface area contributed by atoms with Gasteiger partial charge in [-0.1, -0.05) is 6.92 Å². The van der Waals surface area contributed by atoms with Gasteiger partial charge in [0.2, 0.25) is 0 Å². The molecule has 0 aromatic rings. The number of carbonyl (C=O) groups is 1. The van der Waals surface area contributed by atoms with Crippen LogP contribution in [0.25, 0.3) is 10.4 Å². The van der Waals surface area contributed by atoms with Crippen molar-refractivity contribution in [1.82, 2.24) is 11.0 Å². The summed E-state index contributed by atoms with van der Waals surface area (Å²) in [4.78, 5) is 12.7. The zero-order valence-electron chi connectivity index (χ0n) is 4.96. The summed E-state index contributed by atoms with van der Waals surface area (Å²) in [6.45, 7) is 1.69. The molecule has 0 spiro atoms. The maximum Gasteiger partial charge on any atom is 0.254 e. The Bertz CT molecular complexity index is 137. The van der Waals surface area contributed by atoms with Gasteiger partial charge >= 0.3 is 0 Å². The van der Waals surface area contributed by atoms with Gasteiger partial charge in [0, 0.05) is 11.6 Å². The Hall–Kier alpha value is -1.42. The number of hydrazine groups is 1. The van der Waals surface area contributed by atoms with E-state index in [1.807, 2.05) is 5.53 Å². The third kappa shape index (κ3) is 4.43. The van der Waals surface area contributed by atoms with Gasteiger partial charge in [-0.3, -0.25) is 4.79 Å². The first-order valence-electron chi connectivity index (χ1n) is 2.39. The van der Waals surface area contributed by atoms with Crippen LogP contribution in [0.2, 0.25) is 0 Å². The smallest absolute Gasteiger partial charge is 0.254 e. The zero-order chi connectivity index (χ0) is 7.11. The first kappa shape index (κ1) is 7.58. The van der Waals surface area contributed by atoms with E-state index in [4.69, 9.17) is 5.53 Å². The Morgan fingerprint density at radius 3 is 3.00 bits per heavy atom. The molecule has 0 atom stereocenters. The standard InChI is InChI=1S/C3H7N5O/c1-2-3(9)5-7-8-6-4/h7H,2H2,1H3,(H,5,9). The predicted molar refractivity (Wildman–Crippen MR) is 30.7 cm³/mol. The lowest BCUT2D eigenvalue weighted by Gasteiger charge is -1.92. The summed E-state index contributed by atoms with van der Waals surface area (Å²) < 4.78 is 0.